The number of hydrogen-bond acceptors (Lipinski definition) is 5. The number of pyridine rings is 1. The van der Waals surface area contributed by atoms with Gasteiger partial charge in [0.05, 0.1) is 11.0 Å². The summed E-state index contributed by atoms with van der Waals surface area (Å²) in [5, 5.41) is 2.38. The molecule has 2 aliphatic heterocycles. The van der Waals surface area contributed by atoms with Gasteiger partial charge in [-0.05, 0) is 118 Å². The van der Waals surface area contributed by atoms with Gasteiger partial charge in [0, 0.05) is 56.7 Å². The van der Waals surface area contributed by atoms with Crippen LogP contribution in [0.25, 0.3) is 50.2 Å². The molecule has 7 heteroatoms. The molecule has 0 N–H and O–H groups in total. The van der Waals surface area contributed by atoms with Gasteiger partial charge in [-0.1, -0.05) is 99.6 Å². The normalized spacial score (nSPS) is 13.2. The standard InChI is InChI=1S/C52H38BN5O/c1-52(2,3)34-29-46-50-47(30-34)57(36-18-8-5-9-19-36)45-31-38-37-20-10-12-22-42(37)58(49-24-14-15-27-54-49)44(38)32-40(45)53(50)39-28-33(51-55-41-21-11-13-23-48(41)59-51)25-26-43(39)56(46)35-16-6-4-7-17-35/h4-32H,1-3H3. The van der Waals surface area contributed by atoms with E-state index in [2.05, 4.69) is 175 Å². The lowest BCUT2D eigenvalue weighted by atomic mass is 9.33. The molecule has 5 heterocycles. The lowest BCUT2D eigenvalue weighted by molar-refractivity contribution is 0.590. The fraction of sp³-hybridized carbons (Fsp3) is 0.0769. The first-order valence-electron chi connectivity index (χ1n) is 20.3. The molecule has 7 aromatic carbocycles. The molecule has 280 valence electrons. The highest BCUT2D eigenvalue weighted by atomic mass is 16.3. The molecule has 0 saturated carbocycles. The summed E-state index contributed by atoms with van der Waals surface area (Å²) >= 11 is 0. The highest BCUT2D eigenvalue weighted by Crippen LogP contribution is 2.47. The minimum Gasteiger partial charge on any atom is -0.436 e. The predicted molar refractivity (Wildman–Crippen MR) is 244 cm³/mol. The average molecular weight is 760 g/mol. The zero-order valence-electron chi connectivity index (χ0n) is 33.0. The van der Waals surface area contributed by atoms with E-state index in [9.17, 15) is 0 Å². The third-order valence-corrected chi connectivity index (χ3v) is 12.2. The predicted octanol–water partition coefficient (Wildman–Crippen LogP) is 11.4. The number of hydrogen-bond donors (Lipinski definition) is 0. The topological polar surface area (TPSA) is 50.3 Å². The molecule has 0 spiro atoms. The van der Waals surface area contributed by atoms with Crippen LogP contribution in [0.2, 0.25) is 0 Å². The smallest absolute Gasteiger partial charge is 0.252 e. The number of para-hydroxylation sites is 5. The van der Waals surface area contributed by atoms with Crippen molar-refractivity contribution in [1.82, 2.24) is 14.5 Å². The summed E-state index contributed by atoms with van der Waals surface area (Å²) in [5.41, 5.74) is 16.5. The van der Waals surface area contributed by atoms with Crippen LogP contribution >= 0.6 is 0 Å². The second-order valence-electron chi connectivity index (χ2n) is 16.7. The second-order valence-corrected chi connectivity index (χ2v) is 16.7. The number of rotatable bonds is 4. The molecular formula is C52H38BN5O. The van der Waals surface area contributed by atoms with Crippen molar-refractivity contribution in [3.05, 3.63) is 182 Å². The minimum absolute atomic E-state index is 0.122. The molecule has 0 amide bonds. The van der Waals surface area contributed by atoms with E-state index < -0.39 is 0 Å². The number of benzene rings is 7. The maximum atomic E-state index is 6.44. The van der Waals surface area contributed by atoms with E-state index in [0.29, 0.717) is 5.89 Å². The molecule has 0 radical (unpaired) electrons. The molecule has 0 unspecified atom stereocenters. The summed E-state index contributed by atoms with van der Waals surface area (Å²) in [5.74, 6) is 1.50. The van der Waals surface area contributed by atoms with Gasteiger partial charge in [-0.25, -0.2) is 9.97 Å². The summed E-state index contributed by atoms with van der Waals surface area (Å²) in [6.07, 6.45) is 1.88. The number of anilines is 6. The molecule has 2 aliphatic rings. The van der Waals surface area contributed by atoms with Crippen molar-refractivity contribution in [1.29, 1.82) is 0 Å². The second kappa shape index (κ2) is 12.6. The molecule has 0 atom stereocenters. The molecule has 12 rings (SSSR count). The van der Waals surface area contributed by atoms with E-state index in [1.54, 1.807) is 0 Å². The van der Waals surface area contributed by atoms with Crippen LogP contribution in [0.3, 0.4) is 0 Å². The lowest BCUT2D eigenvalue weighted by Gasteiger charge is -2.45. The molecule has 6 nitrogen and oxygen atoms in total. The van der Waals surface area contributed by atoms with Crippen LogP contribution in [0.1, 0.15) is 26.3 Å². The minimum atomic E-state index is -0.122. The van der Waals surface area contributed by atoms with E-state index in [-0.39, 0.29) is 12.1 Å². The number of nitrogens with zero attached hydrogens (tertiary/aromatic N) is 5. The summed E-state index contributed by atoms with van der Waals surface area (Å²) in [4.78, 5) is 14.9. The zero-order chi connectivity index (χ0) is 39.4. The Bertz CT molecular complexity index is 3240. The zero-order valence-corrected chi connectivity index (χ0v) is 33.0. The van der Waals surface area contributed by atoms with Crippen LogP contribution in [0, 0.1) is 0 Å². The highest BCUT2D eigenvalue weighted by molar-refractivity contribution is 7.00. The van der Waals surface area contributed by atoms with Crippen molar-refractivity contribution < 1.29 is 4.42 Å². The van der Waals surface area contributed by atoms with E-state index >= 15 is 0 Å². The van der Waals surface area contributed by atoms with E-state index in [4.69, 9.17) is 14.4 Å². The first-order valence-corrected chi connectivity index (χ1v) is 20.3. The third kappa shape index (κ3) is 5.07. The molecule has 0 bridgehead atoms. The summed E-state index contributed by atoms with van der Waals surface area (Å²) < 4.78 is 8.77. The number of oxazole rings is 1. The van der Waals surface area contributed by atoms with Gasteiger partial charge >= 0.3 is 0 Å². The Labute approximate surface area is 342 Å². The summed E-state index contributed by atoms with van der Waals surface area (Å²) in [7, 11) is 0. The average Bonchev–Trinajstić information content (AvgIpc) is 3.85. The van der Waals surface area contributed by atoms with E-state index in [1.807, 2.05) is 36.5 Å². The van der Waals surface area contributed by atoms with Gasteiger partial charge in [-0.3, -0.25) is 4.57 Å². The molecular weight excluding hydrogens is 721 g/mol. The van der Waals surface area contributed by atoms with Gasteiger partial charge in [0.2, 0.25) is 5.89 Å². The van der Waals surface area contributed by atoms with Crippen LogP contribution in [-0.4, -0.2) is 21.2 Å². The van der Waals surface area contributed by atoms with Crippen molar-refractivity contribution in [2.24, 2.45) is 0 Å². The SMILES string of the molecule is CC(C)(C)c1cc2c3c(c1)N(c1ccccc1)c1cc4c5ccccc5n(-c5ccccn5)c4cc1B3c1cc(-c3nc4ccccc4o3)ccc1N2c1ccccc1. The van der Waals surface area contributed by atoms with Gasteiger partial charge in [0.15, 0.2) is 5.58 Å². The Balaban J connectivity index is 1.23. The Kier molecular flexibility index (Phi) is 7.18. The van der Waals surface area contributed by atoms with E-state index in [1.165, 1.54) is 44.1 Å². The van der Waals surface area contributed by atoms with E-state index in [0.717, 1.165) is 56.3 Å². The van der Waals surface area contributed by atoms with Gasteiger partial charge in [0.1, 0.15) is 11.3 Å². The molecule has 0 aliphatic carbocycles. The largest absolute Gasteiger partial charge is 0.436 e. The quantitative estimate of drug-likeness (QED) is 0.167. The maximum Gasteiger partial charge on any atom is 0.252 e. The van der Waals surface area contributed by atoms with Gasteiger partial charge in [0.25, 0.3) is 6.71 Å². The fourth-order valence-electron chi connectivity index (χ4n) is 9.47. The van der Waals surface area contributed by atoms with Gasteiger partial charge in [-0.15, -0.1) is 0 Å². The Morgan fingerprint density at radius 2 is 1.20 bits per heavy atom. The Morgan fingerprint density at radius 3 is 1.92 bits per heavy atom. The molecule has 10 aromatic rings. The molecule has 3 aromatic heterocycles. The summed E-state index contributed by atoms with van der Waals surface area (Å²) in [6, 6.07) is 61.0. The van der Waals surface area contributed by atoms with Crippen LogP contribution < -0.4 is 26.2 Å². The number of aromatic nitrogens is 3. The third-order valence-electron chi connectivity index (χ3n) is 12.2. The lowest BCUT2D eigenvalue weighted by Crippen LogP contribution is -2.61. The molecule has 0 saturated heterocycles. The first-order chi connectivity index (χ1) is 28.9. The number of fused-ring (bicyclic) bond motifs is 8. The van der Waals surface area contributed by atoms with Crippen molar-refractivity contribution in [3.8, 4) is 17.3 Å². The van der Waals surface area contributed by atoms with Crippen LogP contribution in [-0.2, 0) is 5.41 Å². The monoisotopic (exact) mass is 759 g/mol. The fourth-order valence-corrected chi connectivity index (χ4v) is 9.47. The van der Waals surface area contributed by atoms with Crippen LogP contribution in [0.15, 0.2) is 180 Å². The Morgan fingerprint density at radius 1 is 0.542 bits per heavy atom. The first kappa shape index (κ1) is 33.7. The van der Waals surface area contributed by atoms with Gasteiger partial charge < -0.3 is 14.2 Å². The molecule has 59 heavy (non-hydrogen) atoms. The summed E-state index contributed by atoms with van der Waals surface area (Å²) in [6.45, 7) is 6.82. The van der Waals surface area contributed by atoms with Crippen molar-refractivity contribution in [3.63, 3.8) is 0 Å². The Hall–Kier alpha value is -7.38. The highest BCUT2D eigenvalue weighted by Gasteiger charge is 2.45. The van der Waals surface area contributed by atoms with Crippen molar-refractivity contribution in [2.75, 3.05) is 9.80 Å². The van der Waals surface area contributed by atoms with Crippen molar-refractivity contribution >= 4 is 90.1 Å². The molecule has 0 fully saturated rings. The van der Waals surface area contributed by atoms with Crippen LogP contribution in [0.5, 0.6) is 0 Å². The maximum absolute atomic E-state index is 6.44. The van der Waals surface area contributed by atoms with Crippen molar-refractivity contribution in [2.45, 2.75) is 26.2 Å². The van der Waals surface area contributed by atoms with Crippen LogP contribution in [0.4, 0.5) is 34.1 Å². The van der Waals surface area contributed by atoms with Gasteiger partial charge in [-0.2, -0.15) is 0 Å².